The molecular weight excluding hydrogens is 328 g/mol. The topological polar surface area (TPSA) is 63.4 Å². The highest BCUT2D eigenvalue weighted by Crippen LogP contribution is 2.22. The van der Waals surface area contributed by atoms with Crippen LogP contribution in [0.15, 0.2) is 40.9 Å². The van der Waals surface area contributed by atoms with Crippen LogP contribution >= 0.6 is 11.6 Å². The third-order valence-electron chi connectivity index (χ3n) is 4.32. The Bertz CT molecular complexity index is 714. The van der Waals surface area contributed by atoms with E-state index in [1.807, 2.05) is 30.3 Å². The van der Waals surface area contributed by atoms with Gasteiger partial charge in [-0.2, -0.15) is 0 Å². The molecule has 3 rings (SSSR count). The van der Waals surface area contributed by atoms with Gasteiger partial charge in [0.2, 0.25) is 5.91 Å². The summed E-state index contributed by atoms with van der Waals surface area (Å²) in [6.07, 6.45) is 2.47. The zero-order chi connectivity index (χ0) is 16.9. The van der Waals surface area contributed by atoms with E-state index in [0.717, 1.165) is 12.8 Å². The van der Waals surface area contributed by atoms with Gasteiger partial charge in [-0.15, -0.1) is 0 Å². The van der Waals surface area contributed by atoms with Gasteiger partial charge in [0.1, 0.15) is 5.76 Å². The van der Waals surface area contributed by atoms with Crippen LogP contribution < -0.4 is 0 Å². The minimum Gasteiger partial charge on any atom is -0.360 e. The summed E-state index contributed by atoms with van der Waals surface area (Å²) in [5.74, 6) is 0.635. The first-order chi connectivity index (χ1) is 11.6. The molecule has 0 bridgehead atoms. The van der Waals surface area contributed by atoms with Gasteiger partial charge in [-0.05, 0) is 12.8 Å². The summed E-state index contributed by atoms with van der Waals surface area (Å²) in [6.45, 7) is 1.19. The van der Waals surface area contributed by atoms with Gasteiger partial charge in [0.05, 0.1) is 0 Å². The number of piperidine rings is 1. The molecule has 1 amide bonds. The predicted octanol–water partition coefficient (Wildman–Crippen LogP) is 3.38. The second-order valence-corrected chi connectivity index (χ2v) is 6.41. The molecule has 1 fully saturated rings. The number of likely N-dealkylation sites (tertiary alicyclic amines) is 1. The summed E-state index contributed by atoms with van der Waals surface area (Å²) in [7, 11) is 0. The average Bonchev–Trinajstić information content (AvgIpc) is 3.05. The molecule has 2 aromatic rings. The number of halogens is 1. The smallest absolute Gasteiger partial charge is 0.223 e. The minimum atomic E-state index is -0.121. The molecule has 2 heterocycles. The van der Waals surface area contributed by atoms with Crippen molar-refractivity contribution in [2.24, 2.45) is 5.92 Å². The van der Waals surface area contributed by atoms with Gasteiger partial charge in [0.25, 0.3) is 0 Å². The molecule has 1 atom stereocenters. The molecule has 1 aromatic heterocycles. The van der Waals surface area contributed by atoms with Crippen LogP contribution in [0.1, 0.15) is 35.4 Å². The number of aryl methyl sites for hydroxylation is 1. The number of carbonyl (C=O) groups is 2. The predicted molar refractivity (Wildman–Crippen MR) is 89.9 cm³/mol. The van der Waals surface area contributed by atoms with E-state index in [2.05, 4.69) is 5.16 Å². The Morgan fingerprint density at radius 2 is 2.08 bits per heavy atom. The summed E-state index contributed by atoms with van der Waals surface area (Å²) in [5, 5.41) is 3.89. The Hall–Kier alpha value is -2.14. The van der Waals surface area contributed by atoms with Crippen molar-refractivity contribution < 1.29 is 14.1 Å². The lowest BCUT2D eigenvalue weighted by Crippen LogP contribution is -2.42. The fourth-order valence-electron chi connectivity index (χ4n) is 3.05. The van der Waals surface area contributed by atoms with E-state index in [4.69, 9.17) is 16.1 Å². The van der Waals surface area contributed by atoms with E-state index in [1.54, 1.807) is 11.0 Å². The molecule has 0 radical (unpaired) electrons. The molecule has 0 aliphatic carbocycles. The first-order valence-corrected chi connectivity index (χ1v) is 8.49. The van der Waals surface area contributed by atoms with E-state index in [9.17, 15) is 9.59 Å². The van der Waals surface area contributed by atoms with Crippen molar-refractivity contribution in [2.75, 3.05) is 13.1 Å². The highest BCUT2D eigenvalue weighted by molar-refractivity contribution is 6.29. The summed E-state index contributed by atoms with van der Waals surface area (Å²) >= 11 is 5.70. The molecular formula is C18H19ClN2O3. The lowest BCUT2D eigenvalue weighted by Gasteiger charge is -2.32. The van der Waals surface area contributed by atoms with Crippen molar-refractivity contribution in [1.82, 2.24) is 10.1 Å². The number of hydrogen-bond donors (Lipinski definition) is 0. The molecule has 1 aromatic carbocycles. The fourth-order valence-corrected chi connectivity index (χ4v) is 3.21. The lowest BCUT2D eigenvalue weighted by molar-refractivity contribution is -0.132. The molecule has 6 heteroatoms. The van der Waals surface area contributed by atoms with Crippen LogP contribution in [0.2, 0.25) is 5.15 Å². The Morgan fingerprint density at radius 3 is 2.79 bits per heavy atom. The van der Waals surface area contributed by atoms with Gasteiger partial charge in [-0.25, -0.2) is 0 Å². The van der Waals surface area contributed by atoms with Crippen LogP contribution in [0.4, 0.5) is 0 Å². The second-order valence-electron chi connectivity index (χ2n) is 6.03. The quantitative estimate of drug-likeness (QED) is 0.778. The van der Waals surface area contributed by atoms with Gasteiger partial charge < -0.3 is 9.42 Å². The molecule has 0 spiro atoms. The van der Waals surface area contributed by atoms with Crippen molar-refractivity contribution in [3.63, 3.8) is 0 Å². The number of nitrogens with zero attached hydrogens (tertiary/aromatic N) is 2. The van der Waals surface area contributed by atoms with Gasteiger partial charge in [-0.1, -0.05) is 47.1 Å². The average molecular weight is 347 g/mol. The number of hydrogen-bond acceptors (Lipinski definition) is 4. The van der Waals surface area contributed by atoms with Crippen molar-refractivity contribution in [3.05, 3.63) is 52.9 Å². The second kappa shape index (κ2) is 7.62. The maximum absolute atomic E-state index is 12.6. The molecule has 0 saturated carbocycles. The highest BCUT2D eigenvalue weighted by Gasteiger charge is 2.28. The molecule has 24 heavy (non-hydrogen) atoms. The number of amides is 1. The summed E-state index contributed by atoms with van der Waals surface area (Å²) in [5.41, 5.74) is 0.716. The van der Waals surface area contributed by atoms with Gasteiger partial charge in [0, 0.05) is 43.5 Å². The van der Waals surface area contributed by atoms with E-state index in [0.29, 0.717) is 42.4 Å². The van der Waals surface area contributed by atoms with Crippen molar-refractivity contribution in [3.8, 4) is 0 Å². The number of rotatable bonds is 5. The van der Waals surface area contributed by atoms with Crippen LogP contribution in [0.3, 0.4) is 0 Å². The number of benzene rings is 1. The molecule has 1 saturated heterocycles. The van der Waals surface area contributed by atoms with Crippen LogP contribution in [-0.4, -0.2) is 34.8 Å². The van der Waals surface area contributed by atoms with Crippen molar-refractivity contribution >= 4 is 23.3 Å². The van der Waals surface area contributed by atoms with Crippen LogP contribution in [0.25, 0.3) is 0 Å². The van der Waals surface area contributed by atoms with Gasteiger partial charge >= 0.3 is 0 Å². The maximum Gasteiger partial charge on any atom is 0.223 e. The molecule has 0 N–H and O–H groups in total. The van der Waals surface area contributed by atoms with Crippen LogP contribution in [0, 0.1) is 5.92 Å². The van der Waals surface area contributed by atoms with E-state index < -0.39 is 0 Å². The summed E-state index contributed by atoms with van der Waals surface area (Å²) < 4.78 is 5.01. The van der Waals surface area contributed by atoms with Crippen LogP contribution in [-0.2, 0) is 11.2 Å². The number of carbonyl (C=O) groups excluding carboxylic acids is 2. The van der Waals surface area contributed by atoms with Crippen molar-refractivity contribution in [1.29, 1.82) is 0 Å². The fraction of sp³-hybridized carbons (Fsp3) is 0.389. The van der Waals surface area contributed by atoms with E-state index in [-0.39, 0.29) is 17.6 Å². The van der Waals surface area contributed by atoms with Gasteiger partial charge in [0.15, 0.2) is 10.9 Å². The first-order valence-electron chi connectivity index (χ1n) is 8.11. The van der Waals surface area contributed by atoms with Crippen molar-refractivity contribution in [2.45, 2.75) is 25.7 Å². The third-order valence-corrected chi connectivity index (χ3v) is 4.50. The summed E-state index contributed by atoms with van der Waals surface area (Å²) in [4.78, 5) is 26.8. The van der Waals surface area contributed by atoms with E-state index >= 15 is 0 Å². The molecule has 126 valence electrons. The maximum atomic E-state index is 12.6. The SMILES string of the molecule is O=C(c1ccccc1)[C@@H]1CCCN(C(=O)CCc2cc(Cl)no2)C1. The highest BCUT2D eigenvalue weighted by atomic mass is 35.5. The van der Waals surface area contributed by atoms with Gasteiger partial charge in [-0.3, -0.25) is 9.59 Å². The number of Topliss-reactive ketones (excluding diaryl/α,β-unsaturated/α-hetero) is 1. The zero-order valence-electron chi connectivity index (χ0n) is 13.3. The largest absolute Gasteiger partial charge is 0.360 e. The molecule has 1 aliphatic rings. The Kier molecular flexibility index (Phi) is 5.30. The van der Waals surface area contributed by atoms with Crippen LogP contribution in [0.5, 0.6) is 0 Å². The molecule has 5 nitrogen and oxygen atoms in total. The number of aromatic nitrogens is 1. The Balaban J connectivity index is 1.56. The molecule has 1 aliphatic heterocycles. The summed E-state index contributed by atoms with van der Waals surface area (Å²) in [6, 6.07) is 10.9. The lowest BCUT2D eigenvalue weighted by atomic mass is 9.90. The minimum absolute atomic E-state index is 0.0353. The Labute approximate surface area is 145 Å². The molecule has 0 unspecified atom stereocenters. The zero-order valence-corrected chi connectivity index (χ0v) is 14.0. The standard InChI is InChI=1S/C18H19ClN2O3/c19-16-11-15(24-20-16)8-9-17(22)21-10-4-7-14(12-21)18(23)13-5-2-1-3-6-13/h1-3,5-6,11,14H,4,7-10,12H2/t14-/m1/s1. The first kappa shape index (κ1) is 16.7. The number of ketones is 1. The Morgan fingerprint density at radius 1 is 1.29 bits per heavy atom. The monoisotopic (exact) mass is 346 g/mol. The van der Waals surface area contributed by atoms with E-state index in [1.165, 1.54) is 0 Å². The normalized spacial score (nSPS) is 17.7. The third kappa shape index (κ3) is 4.03.